The van der Waals surface area contributed by atoms with Gasteiger partial charge in [0.1, 0.15) is 0 Å². The first kappa shape index (κ1) is 9.07. The lowest BCUT2D eigenvalue weighted by Gasteiger charge is -2.04. The van der Waals surface area contributed by atoms with Gasteiger partial charge in [-0.1, -0.05) is 5.92 Å². The third kappa shape index (κ3) is 1.77. The number of rotatable bonds is 1. The number of terminal acetylenes is 1. The van der Waals surface area contributed by atoms with Crippen molar-refractivity contribution >= 4 is 28.6 Å². The number of halogens is 1. The highest BCUT2D eigenvalue weighted by atomic mass is 127. The van der Waals surface area contributed by atoms with Crippen molar-refractivity contribution in [1.82, 2.24) is 0 Å². The minimum atomic E-state index is -1.20. The van der Waals surface area contributed by atoms with Gasteiger partial charge < -0.3 is 9.90 Å². The highest BCUT2D eigenvalue weighted by molar-refractivity contribution is 14.1. The molecule has 0 saturated heterocycles. The first-order valence-electron chi connectivity index (χ1n) is 3.12. The number of carbonyl (C=O) groups is 1. The standard InChI is InChI=1S/C9H5IO2/c1-2-6-3-4-8(10)7(5-6)9(11)12/h1,3-5H,(H,11,12)/p-1. The van der Waals surface area contributed by atoms with Gasteiger partial charge >= 0.3 is 0 Å². The van der Waals surface area contributed by atoms with Gasteiger partial charge in [0, 0.05) is 14.7 Å². The van der Waals surface area contributed by atoms with Gasteiger partial charge in [0.05, 0.1) is 5.97 Å². The van der Waals surface area contributed by atoms with E-state index in [1.807, 2.05) is 22.6 Å². The second-order valence-corrected chi connectivity index (χ2v) is 3.29. The number of carbonyl (C=O) groups excluding carboxylic acids is 1. The normalized spacial score (nSPS) is 9.00. The fourth-order valence-electron chi connectivity index (χ4n) is 0.771. The van der Waals surface area contributed by atoms with Crippen LogP contribution in [0.1, 0.15) is 15.9 Å². The zero-order valence-corrected chi connectivity index (χ0v) is 8.16. The molecule has 0 aliphatic rings. The summed E-state index contributed by atoms with van der Waals surface area (Å²) in [6.07, 6.45) is 5.10. The summed E-state index contributed by atoms with van der Waals surface area (Å²) in [4.78, 5) is 10.5. The first-order valence-corrected chi connectivity index (χ1v) is 4.20. The van der Waals surface area contributed by atoms with Gasteiger partial charge in [-0.15, -0.1) is 6.42 Å². The molecule has 3 heteroatoms. The average molecular weight is 271 g/mol. The van der Waals surface area contributed by atoms with E-state index in [0.29, 0.717) is 9.13 Å². The maximum absolute atomic E-state index is 10.5. The average Bonchev–Trinajstić information content (AvgIpc) is 2.05. The lowest BCUT2D eigenvalue weighted by Crippen LogP contribution is -2.23. The Hall–Kier alpha value is -1.02. The molecule has 0 spiro atoms. The first-order chi connectivity index (χ1) is 5.65. The number of hydrogen-bond donors (Lipinski definition) is 0. The number of hydrogen-bond acceptors (Lipinski definition) is 2. The fraction of sp³-hybridized carbons (Fsp3) is 0. The maximum atomic E-state index is 10.5. The molecule has 0 N–H and O–H groups in total. The summed E-state index contributed by atoms with van der Waals surface area (Å²) < 4.78 is 0.631. The Morgan fingerprint density at radius 2 is 2.25 bits per heavy atom. The van der Waals surface area contributed by atoms with Gasteiger partial charge in [-0.2, -0.15) is 0 Å². The maximum Gasteiger partial charge on any atom is 0.0726 e. The summed E-state index contributed by atoms with van der Waals surface area (Å²) in [5, 5.41) is 10.5. The molecule has 0 amide bonds. The Kier molecular flexibility index (Phi) is 2.71. The van der Waals surface area contributed by atoms with Crippen LogP contribution in [-0.2, 0) is 0 Å². The van der Waals surface area contributed by atoms with E-state index in [2.05, 4.69) is 5.92 Å². The zero-order chi connectivity index (χ0) is 9.14. The predicted molar refractivity (Wildman–Crippen MR) is 51.4 cm³/mol. The molecular weight excluding hydrogens is 267 g/mol. The van der Waals surface area contributed by atoms with Crippen LogP contribution in [0.3, 0.4) is 0 Å². The molecule has 0 fully saturated rings. The second kappa shape index (κ2) is 3.59. The Bertz CT molecular complexity index is 363. The molecule has 0 unspecified atom stereocenters. The molecule has 0 bridgehead atoms. The Labute approximate surface area is 83.7 Å². The Morgan fingerprint density at radius 3 is 2.75 bits per heavy atom. The van der Waals surface area contributed by atoms with Gasteiger partial charge in [0.15, 0.2) is 0 Å². The molecule has 1 aromatic rings. The summed E-state index contributed by atoms with van der Waals surface area (Å²) in [7, 11) is 0. The molecule has 2 nitrogen and oxygen atoms in total. The van der Waals surface area contributed by atoms with Gasteiger partial charge in [-0.3, -0.25) is 0 Å². The minimum absolute atomic E-state index is 0.144. The van der Waals surface area contributed by atoms with Crippen LogP contribution >= 0.6 is 22.6 Å². The molecular formula is C9H4IO2-. The van der Waals surface area contributed by atoms with Crippen LogP contribution < -0.4 is 5.11 Å². The molecule has 0 aromatic heterocycles. The van der Waals surface area contributed by atoms with E-state index in [0.717, 1.165) is 0 Å². The molecule has 0 heterocycles. The van der Waals surface area contributed by atoms with Crippen molar-refractivity contribution in [2.75, 3.05) is 0 Å². The molecule has 0 aliphatic heterocycles. The monoisotopic (exact) mass is 271 g/mol. The van der Waals surface area contributed by atoms with Crippen molar-refractivity contribution in [3.8, 4) is 12.3 Å². The van der Waals surface area contributed by atoms with Crippen molar-refractivity contribution < 1.29 is 9.90 Å². The smallest absolute Gasteiger partial charge is 0.0726 e. The van der Waals surface area contributed by atoms with E-state index in [9.17, 15) is 9.90 Å². The number of benzene rings is 1. The summed E-state index contributed by atoms with van der Waals surface area (Å²) in [5.41, 5.74) is 0.695. The van der Waals surface area contributed by atoms with Crippen molar-refractivity contribution in [2.24, 2.45) is 0 Å². The minimum Gasteiger partial charge on any atom is -0.545 e. The van der Waals surface area contributed by atoms with Gasteiger partial charge in [0.2, 0.25) is 0 Å². The fourth-order valence-corrected chi connectivity index (χ4v) is 1.33. The van der Waals surface area contributed by atoms with E-state index in [-0.39, 0.29) is 5.56 Å². The second-order valence-electron chi connectivity index (χ2n) is 2.13. The third-order valence-electron chi connectivity index (χ3n) is 1.35. The molecule has 0 aliphatic carbocycles. The molecule has 60 valence electrons. The summed E-state index contributed by atoms with van der Waals surface area (Å²) in [5.74, 6) is 1.16. The van der Waals surface area contributed by atoms with E-state index in [1.54, 1.807) is 12.1 Å². The molecule has 0 radical (unpaired) electrons. The predicted octanol–water partition coefficient (Wildman–Crippen LogP) is 0.636. The van der Waals surface area contributed by atoms with E-state index < -0.39 is 5.97 Å². The van der Waals surface area contributed by atoms with Crippen molar-refractivity contribution in [2.45, 2.75) is 0 Å². The van der Waals surface area contributed by atoms with E-state index in [1.165, 1.54) is 6.07 Å². The Morgan fingerprint density at radius 1 is 1.58 bits per heavy atom. The van der Waals surface area contributed by atoms with Gasteiger partial charge in [-0.25, -0.2) is 0 Å². The van der Waals surface area contributed by atoms with Crippen LogP contribution in [0.15, 0.2) is 18.2 Å². The van der Waals surface area contributed by atoms with Crippen LogP contribution in [-0.4, -0.2) is 5.97 Å². The van der Waals surface area contributed by atoms with Crippen LogP contribution in [0.2, 0.25) is 0 Å². The molecule has 1 aromatic carbocycles. The van der Waals surface area contributed by atoms with Crippen LogP contribution in [0.5, 0.6) is 0 Å². The van der Waals surface area contributed by atoms with Crippen molar-refractivity contribution in [1.29, 1.82) is 0 Å². The summed E-state index contributed by atoms with van der Waals surface area (Å²) in [6, 6.07) is 4.77. The quantitative estimate of drug-likeness (QED) is 0.555. The number of aromatic carboxylic acids is 1. The van der Waals surface area contributed by atoms with Crippen LogP contribution in [0, 0.1) is 15.9 Å². The number of carboxylic acids is 1. The molecule has 0 saturated carbocycles. The van der Waals surface area contributed by atoms with E-state index >= 15 is 0 Å². The lowest BCUT2D eigenvalue weighted by molar-refractivity contribution is -0.255. The number of carboxylic acid groups (broad SMARTS) is 1. The molecule has 0 atom stereocenters. The lowest BCUT2D eigenvalue weighted by atomic mass is 10.1. The zero-order valence-electron chi connectivity index (χ0n) is 6.00. The molecule has 1 rings (SSSR count). The van der Waals surface area contributed by atoms with Gasteiger partial charge in [-0.05, 0) is 40.8 Å². The van der Waals surface area contributed by atoms with Crippen molar-refractivity contribution in [3.63, 3.8) is 0 Å². The highest BCUT2D eigenvalue weighted by Crippen LogP contribution is 2.12. The SMILES string of the molecule is C#Cc1ccc(I)c(C(=O)[O-])c1. The van der Waals surface area contributed by atoms with Crippen molar-refractivity contribution in [3.05, 3.63) is 32.9 Å². The van der Waals surface area contributed by atoms with E-state index in [4.69, 9.17) is 6.42 Å². The van der Waals surface area contributed by atoms with Crippen LogP contribution in [0.4, 0.5) is 0 Å². The largest absolute Gasteiger partial charge is 0.545 e. The topological polar surface area (TPSA) is 40.1 Å². The third-order valence-corrected chi connectivity index (χ3v) is 2.29. The van der Waals surface area contributed by atoms with Gasteiger partial charge in [0.25, 0.3) is 0 Å². The molecule has 12 heavy (non-hydrogen) atoms. The van der Waals surface area contributed by atoms with Crippen LogP contribution in [0.25, 0.3) is 0 Å². The summed E-state index contributed by atoms with van der Waals surface area (Å²) >= 11 is 1.92. The summed E-state index contributed by atoms with van der Waals surface area (Å²) in [6.45, 7) is 0. The Balaban J connectivity index is 3.28. The highest BCUT2D eigenvalue weighted by Gasteiger charge is 2.00.